The van der Waals surface area contributed by atoms with E-state index in [4.69, 9.17) is 11.6 Å². The fourth-order valence-electron chi connectivity index (χ4n) is 3.58. The van der Waals surface area contributed by atoms with Gasteiger partial charge >= 0.3 is 6.03 Å². The van der Waals surface area contributed by atoms with Crippen molar-refractivity contribution < 1.29 is 18.8 Å². The molecule has 1 aromatic heterocycles. The fourth-order valence-corrected chi connectivity index (χ4v) is 3.87. The number of nitrogens with zero attached hydrogens (tertiary/aromatic N) is 2. The SMILES string of the molecule is Cn1ccnc1C1(CNC(=O)c2c(Cl)cc(F)cc2-c2ccccc2)NC(=O)NC1=O. The monoisotopic (exact) mass is 441 g/mol. The number of benzene rings is 2. The Bertz CT molecular complexity index is 1200. The molecule has 10 heteroatoms. The second kappa shape index (κ2) is 7.84. The third kappa shape index (κ3) is 3.64. The van der Waals surface area contributed by atoms with Gasteiger partial charge in [0.15, 0.2) is 5.54 Å². The van der Waals surface area contributed by atoms with E-state index in [9.17, 15) is 18.8 Å². The first-order valence-corrected chi connectivity index (χ1v) is 9.63. The van der Waals surface area contributed by atoms with Crippen molar-refractivity contribution >= 4 is 29.4 Å². The lowest BCUT2D eigenvalue weighted by atomic mass is 9.96. The highest BCUT2D eigenvalue weighted by Gasteiger charge is 2.51. The summed E-state index contributed by atoms with van der Waals surface area (Å²) in [5, 5.41) is 7.28. The van der Waals surface area contributed by atoms with Gasteiger partial charge in [0, 0.05) is 19.4 Å². The number of hydrogen-bond donors (Lipinski definition) is 3. The summed E-state index contributed by atoms with van der Waals surface area (Å²) in [6.07, 6.45) is 3.09. The molecule has 4 rings (SSSR count). The third-order valence-corrected chi connectivity index (χ3v) is 5.32. The lowest BCUT2D eigenvalue weighted by molar-refractivity contribution is -0.124. The normalized spacial score (nSPS) is 17.9. The summed E-state index contributed by atoms with van der Waals surface area (Å²) < 4.78 is 15.6. The molecule has 158 valence electrons. The predicted octanol–water partition coefficient (Wildman–Crippen LogP) is 2.34. The van der Waals surface area contributed by atoms with Gasteiger partial charge in [-0.05, 0) is 23.3 Å². The minimum Gasteiger partial charge on any atom is -0.349 e. The van der Waals surface area contributed by atoms with E-state index in [-0.39, 0.29) is 23.0 Å². The molecule has 0 radical (unpaired) electrons. The summed E-state index contributed by atoms with van der Waals surface area (Å²) in [6.45, 7) is -0.295. The zero-order valence-corrected chi connectivity index (χ0v) is 17.0. The number of carbonyl (C=O) groups excluding carboxylic acids is 3. The lowest BCUT2D eigenvalue weighted by Crippen LogP contribution is -2.54. The van der Waals surface area contributed by atoms with Crippen LogP contribution in [-0.4, -0.2) is 33.9 Å². The van der Waals surface area contributed by atoms with Crippen LogP contribution in [0, 0.1) is 5.82 Å². The van der Waals surface area contributed by atoms with E-state index in [0.717, 1.165) is 6.07 Å². The van der Waals surface area contributed by atoms with Crippen molar-refractivity contribution in [2.75, 3.05) is 6.54 Å². The van der Waals surface area contributed by atoms with Gasteiger partial charge in [-0.1, -0.05) is 41.9 Å². The minimum atomic E-state index is -1.61. The number of carbonyl (C=O) groups is 3. The fraction of sp³-hybridized carbons (Fsp3) is 0.143. The number of urea groups is 1. The summed E-state index contributed by atoms with van der Waals surface area (Å²) in [5.74, 6) is -1.64. The van der Waals surface area contributed by atoms with Crippen LogP contribution >= 0.6 is 11.6 Å². The molecule has 1 unspecified atom stereocenters. The van der Waals surface area contributed by atoms with Gasteiger partial charge in [-0.2, -0.15) is 0 Å². The first-order valence-electron chi connectivity index (χ1n) is 9.26. The lowest BCUT2D eigenvalue weighted by Gasteiger charge is -2.26. The van der Waals surface area contributed by atoms with Crippen molar-refractivity contribution in [3.8, 4) is 11.1 Å². The van der Waals surface area contributed by atoms with Crippen LogP contribution in [0.4, 0.5) is 9.18 Å². The quantitative estimate of drug-likeness (QED) is 0.528. The molecular weight excluding hydrogens is 425 g/mol. The molecule has 0 aliphatic carbocycles. The van der Waals surface area contributed by atoms with Gasteiger partial charge < -0.3 is 15.2 Å². The number of amides is 4. The number of halogens is 2. The Hall–Kier alpha value is -3.72. The Balaban J connectivity index is 1.70. The number of imidazole rings is 1. The number of nitrogens with one attached hydrogen (secondary N) is 3. The minimum absolute atomic E-state index is 0.0500. The molecule has 3 N–H and O–H groups in total. The molecule has 1 atom stereocenters. The second-order valence-corrected chi connectivity index (χ2v) is 7.44. The summed E-state index contributed by atoms with van der Waals surface area (Å²) in [7, 11) is 1.66. The van der Waals surface area contributed by atoms with Crippen LogP contribution in [0.5, 0.6) is 0 Å². The van der Waals surface area contributed by atoms with E-state index >= 15 is 0 Å². The Kier molecular flexibility index (Phi) is 5.20. The zero-order chi connectivity index (χ0) is 22.2. The maximum absolute atomic E-state index is 14.0. The highest BCUT2D eigenvalue weighted by molar-refractivity contribution is 6.34. The van der Waals surface area contributed by atoms with Crippen molar-refractivity contribution in [2.24, 2.45) is 7.05 Å². The molecule has 1 saturated heterocycles. The number of hydrogen-bond acceptors (Lipinski definition) is 4. The molecule has 0 spiro atoms. The van der Waals surface area contributed by atoms with Crippen molar-refractivity contribution in [1.29, 1.82) is 0 Å². The molecule has 4 amide bonds. The number of rotatable bonds is 5. The van der Waals surface area contributed by atoms with E-state index in [0.29, 0.717) is 11.1 Å². The first kappa shape index (κ1) is 20.5. The molecule has 2 aromatic carbocycles. The highest BCUT2D eigenvalue weighted by atomic mass is 35.5. The molecule has 31 heavy (non-hydrogen) atoms. The van der Waals surface area contributed by atoms with Crippen molar-refractivity contribution in [2.45, 2.75) is 5.54 Å². The van der Waals surface area contributed by atoms with Crippen LogP contribution in [-0.2, 0) is 17.4 Å². The van der Waals surface area contributed by atoms with Gasteiger partial charge in [-0.25, -0.2) is 14.2 Å². The number of aryl methyl sites for hydroxylation is 1. The summed E-state index contributed by atoms with van der Waals surface area (Å²) in [5.41, 5.74) is -0.660. The average molecular weight is 442 g/mol. The molecule has 1 aliphatic rings. The van der Waals surface area contributed by atoms with Gasteiger partial charge in [0.05, 0.1) is 17.1 Å². The largest absolute Gasteiger partial charge is 0.349 e. The van der Waals surface area contributed by atoms with Crippen LogP contribution in [0.2, 0.25) is 5.02 Å². The third-order valence-electron chi connectivity index (χ3n) is 5.03. The molecule has 1 aliphatic heterocycles. The van der Waals surface area contributed by atoms with Crippen LogP contribution in [0.15, 0.2) is 54.9 Å². The predicted molar refractivity (Wildman–Crippen MR) is 111 cm³/mol. The van der Waals surface area contributed by atoms with Crippen molar-refractivity contribution in [3.63, 3.8) is 0 Å². The van der Waals surface area contributed by atoms with E-state index in [1.54, 1.807) is 48.1 Å². The smallest absolute Gasteiger partial charge is 0.322 e. The number of imide groups is 1. The first-order chi connectivity index (χ1) is 14.8. The van der Waals surface area contributed by atoms with Crippen LogP contribution in [0.3, 0.4) is 0 Å². The molecule has 3 aromatic rings. The van der Waals surface area contributed by atoms with Gasteiger partial charge in [0.25, 0.3) is 11.8 Å². The Morgan fingerprint density at radius 2 is 2.00 bits per heavy atom. The molecule has 2 heterocycles. The van der Waals surface area contributed by atoms with Gasteiger partial charge in [0.2, 0.25) is 0 Å². The summed E-state index contributed by atoms with van der Waals surface area (Å²) >= 11 is 6.22. The van der Waals surface area contributed by atoms with Crippen molar-refractivity contribution in [3.05, 3.63) is 77.1 Å². The topological polar surface area (TPSA) is 105 Å². The zero-order valence-electron chi connectivity index (χ0n) is 16.3. The molecule has 0 saturated carbocycles. The second-order valence-electron chi connectivity index (χ2n) is 7.03. The average Bonchev–Trinajstić information content (AvgIpc) is 3.29. The molecule has 0 bridgehead atoms. The summed E-state index contributed by atoms with van der Waals surface area (Å²) in [6, 6.07) is 10.3. The van der Waals surface area contributed by atoms with Gasteiger partial charge in [-0.15, -0.1) is 0 Å². The maximum atomic E-state index is 14.0. The van der Waals surface area contributed by atoms with Crippen LogP contribution in [0.25, 0.3) is 11.1 Å². The molecule has 1 fully saturated rings. The van der Waals surface area contributed by atoms with Crippen molar-refractivity contribution in [1.82, 2.24) is 25.5 Å². The highest BCUT2D eigenvalue weighted by Crippen LogP contribution is 2.31. The van der Waals surface area contributed by atoms with E-state index < -0.39 is 29.2 Å². The van der Waals surface area contributed by atoms with E-state index in [2.05, 4.69) is 20.9 Å². The van der Waals surface area contributed by atoms with E-state index in [1.807, 2.05) is 0 Å². The molecular formula is C21H17ClFN5O3. The standard InChI is InChI=1S/C21H17ClFN5O3/c1-28-8-7-24-18(28)21(19(30)26-20(31)27-21)11-25-17(29)16-14(9-13(23)10-15(16)22)12-5-3-2-4-6-12/h2-10H,11H2,1H3,(H,25,29)(H2,26,27,30,31). The Morgan fingerprint density at radius 3 is 2.61 bits per heavy atom. The molecule has 8 nitrogen and oxygen atoms in total. The van der Waals surface area contributed by atoms with Gasteiger partial charge in [-0.3, -0.25) is 14.9 Å². The van der Waals surface area contributed by atoms with E-state index in [1.165, 1.54) is 12.3 Å². The van der Waals surface area contributed by atoms with Gasteiger partial charge in [0.1, 0.15) is 11.6 Å². The Labute approximate surface area is 181 Å². The Morgan fingerprint density at radius 1 is 1.26 bits per heavy atom. The van der Waals surface area contributed by atoms with Crippen LogP contribution < -0.4 is 16.0 Å². The van der Waals surface area contributed by atoms with Crippen LogP contribution in [0.1, 0.15) is 16.2 Å². The maximum Gasteiger partial charge on any atom is 0.322 e. The number of aromatic nitrogens is 2. The summed E-state index contributed by atoms with van der Waals surface area (Å²) in [4.78, 5) is 41.8.